The van der Waals surface area contributed by atoms with Crippen molar-refractivity contribution in [1.82, 2.24) is 0 Å². The minimum Gasteiger partial charge on any atom is -0.312 e. The second-order valence-electron chi connectivity index (χ2n) is 4.03. The van der Waals surface area contributed by atoms with Gasteiger partial charge in [-0.05, 0) is 41.4 Å². The highest BCUT2D eigenvalue weighted by Gasteiger charge is 2.34. The summed E-state index contributed by atoms with van der Waals surface area (Å²) in [6, 6.07) is 6.40. The van der Waals surface area contributed by atoms with Crippen LogP contribution in [0.5, 0.6) is 0 Å². The van der Waals surface area contributed by atoms with Crippen LogP contribution in [0.2, 0.25) is 0 Å². The maximum atomic E-state index is 11.8. The molecule has 4 nitrogen and oxygen atoms in total. The Kier molecular flexibility index (Phi) is 3.68. The number of hydrogen-bond acceptors (Lipinski definition) is 3. The summed E-state index contributed by atoms with van der Waals surface area (Å²) in [5.41, 5.74) is 0.856. The van der Waals surface area contributed by atoms with Crippen molar-refractivity contribution in [3.05, 3.63) is 29.8 Å². The van der Waals surface area contributed by atoms with Crippen molar-refractivity contribution in [3.8, 4) is 0 Å². The molecule has 1 unspecified atom stereocenters. The lowest BCUT2D eigenvalue weighted by Gasteiger charge is -2.16. The van der Waals surface area contributed by atoms with Gasteiger partial charge in [0.2, 0.25) is 11.1 Å². The van der Waals surface area contributed by atoms with Crippen LogP contribution in [0.25, 0.3) is 0 Å². The Bertz CT molecular complexity index is 530. The number of carbonyl (C=O) groups excluding carboxylic acids is 3. The minimum atomic E-state index is -0.589. The first-order chi connectivity index (χ1) is 8.49. The van der Waals surface area contributed by atoms with Crippen LogP contribution >= 0.6 is 23.2 Å². The van der Waals surface area contributed by atoms with Crippen molar-refractivity contribution < 1.29 is 14.4 Å². The van der Waals surface area contributed by atoms with Gasteiger partial charge in [-0.3, -0.25) is 14.4 Å². The third-order valence-corrected chi connectivity index (χ3v) is 3.36. The lowest BCUT2D eigenvalue weighted by molar-refractivity contribution is -0.120. The molecule has 1 aliphatic heterocycles. The highest BCUT2D eigenvalue weighted by atomic mass is 35.5. The molecule has 1 heterocycles. The number of hydrogen-bond donors (Lipinski definition) is 0. The predicted molar refractivity (Wildman–Crippen MR) is 67.9 cm³/mol. The number of anilines is 1. The summed E-state index contributed by atoms with van der Waals surface area (Å²) < 4.78 is 0. The van der Waals surface area contributed by atoms with Crippen LogP contribution in [0.3, 0.4) is 0 Å². The van der Waals surface area contributed by atoms with Gasteiger partial charge in [-0.15, -0.1) is 0 Å². The molecular formula is C12H9Cl2NO3. The van der Waals surface area contributed by atoms with E-state index in [2.05, 4.69) is 0 Å². The molecule has 1 atom stereocenters. The second kappa shape index (κ2) is 5.08. The molecule has 94 valence electrons. The molecule has 0 N–H and O–H groups in total. The van der Waals surface area contributed by atoms with Crippen molar-refractivity contribution >= 4 is 45.3 Å². The van der Waals surface area contributed by atoms with Crippen LogP contribution in [0.4, 0.5) is 5.69 Å². The summed E-state index contributed by atoms with van der Waals surface area (Å²) in [4.78, 5) is 35.3. The van der Waals surface area contributed by atoms with Gasteiger partial charge >= 0.3 is 0 Å². The number of halogens is 2. The highest BCUT2D eigenvalue weighted by molar-refractivity contribution is 6.67. The third kappa shape index (κ3) is 2.54. The van der Waals surface area contributed by atoms with Gasteiger partial charge in [-0.25, -0.2) is 0 Å². The van der Waals surface area contributed by atoms with E-state index in [0.717, 1.165) is 0 Å². The van der Waals surface area contributed by atoms with Crippen molar-refractivity contribution in [3.63, 3.8) is 0 Å². The quantitative estimate of drug-likeness (QED) is 0.800. The fourth-order valence-electron chi connectivity index (χ4n) is 1.91. The van der Waals surface area contributed by atoms with Gasteiger partial charge in [0.25, 0.3) is 5.24 Å². The second-order valence-corrected chi connectivity index (χ2v) is 4.75. The van der Waals surface area contributed by atoms with E-state index in [1.165, 1.54) is 11.0 Å². The lowest BCUT2D eigenvalue weighted by atomic mass is 10.1. The molecule has 2 rings (SSSR count). The van der Waals surface area contributed by atoms with E-state index in [-0.39, 0.29) is 18.9 Å². The molecule has 1 fully saturated rings. The predicted octanol–water partition coefficient (Wildman–Crippen LogP) is 2.18. The maximum absolute atomic E-state index is 11.8. The van der Waals surface area contributed by atoms with E-state index < -0.39 is 16.4 Å². The molecule has 6 heteroatoms. The Morgan fingerprint density at radius 3 is 2.56 bits per heavy atom. The lowest BCUT2D eigenvalue weighted by Crippen LogP contribution is -2.25. The summed E-state index contributed by atoms with van der Waals surface area (Å²) in [7, 11) is 0. The topological polar surface area (TPSA) is 54.5 Å². The standard InChI is InChI=1S/C12H9Cl2NO3/c13-11(17)7-2-1-3-9(4-7)15-6-8(12(14)18)5-10(15)16/h1-4,8H,5-6H2. The van der Waals surface area contributed by atoms with Gasteiger partial charge in [-0.2, -0.15) is 0 Å². The van der Waals surface area contributed by atoms with Gasteiger partial charge in [0, 0.05) is 24.2 Å². The minimum absolute atomic E-state index is 0.0986. The van der Waals surface area contributed by atoms with Gasteiger partial charge in [0.1, 0.15) is 0 Å². The SMILES string of the molecule is O=C(Cl)c1cccc(N2CC(C(=O)Cl)CC2=O)c1. The number of benzene rings is 1. The molecule has 0 aliphatic carbocycles. The molecule has 0 bridgehead atoms. The Morgan fingerprint density at radius 2 is 2.00 bits per heavy atom. The van der Waals surface area contributed by atoms with Gasteiger partial charge in [-0.1, -0.05) is 6.07 Å². The fourth-order valence-corrected chi connectivity index (χ4v) is 2.17. The van der Waals surface area contributed by atoms with E-state index in [1.54, 1.807) is 18.2 Å². The number of amides is 1. The monoisotopic (exact) mass is 285 g/mol. The van der Waals surface area contributed by atoms with E-state index in [0.29, 0.717) is 11.3 Å². The van der Waals surface area contributed by atoms with E-state index in [9.17, 15) is 14.4 Å². The zero-order valence-corrected chi connectivity index (χ0v) is 10.7. The molecule has 0 spiro atoms. The van der Waals surface area contributed by atoms with E-state index in [4.69, 9.17) is 23.2 Å². The summed E-state index contributed by atoms with van der Waals surface area (Å²) >= 11 is 10.8. The number of carbonyl (C=O) groups is 3. The first kappa shape index (κ1) is 13.1. The van der Waals surface area contributed by atoms with E-state index >= 15 is 0 Å². The van der Waals surface area contributed by atoms with Crippen LogP contribution in [0.1, 0.15) is 16.8 Å². The molecule has 1 aromatic carbocycles. The normalized spacial score (nSPS) is 19.1. The molecule has 1 saturated heterocycles. The molecular weight excluding hydrogens is 277 g/mol. The van der Waals surface area contributed by atoms with Crippen LogP contribution in [0, 0.1) is 5.92 Å². The van der Waals surface area contributed by atoms with Crippen molar-refractivity contribution in [1.29, 1.82) is 0 Å². The van der Waals surface area contributed by atoms with Crippen LogP contribution in [-0.4, -0.2) is 22.9 Å². The zero-order valence-electron chi connectivity index (χ0n) is 9.23. The molecule has 0 radical (unpaired) electrons. The summed E-state index contributed by atoms with van der Waals surface area (Å²) in [5.74, 6) is -0.678. The van der Waals surface area contributed by atoms with E-state index in [1.807, 2.05) is 0 Å². The van der Waals surface area contributed by atoms with Gasteiger partial charge < -0.3 is 4.90 Å². The Morgan fingerprint density at radius 1 is 1.28 bits per heavy atom. The Balaban J connectivity index is 2.27. The molecule has 1 amide bonds. The van der Waals surface area contributed by atoms with Gasteiger partial charge in [0.15, 0.2) is 0 Å². The number of rotatable bonds is 3. The summed E-state index contributed by atoms with van der Waals surface area (Å²) in [6.45, 7) is 0.237. The van der Waals surface area contributed by atoms with Crippen molar-refractivity contribution in [2.24, 2.45) is 5.92 Å². The average Bonchev–Trinajstić information content (AvgIpc) is 2.72. The highest BCUT2D eigenvalue weighted by Crippen LogP contribution is 2.27. The summed E-state index contributed by atoms with van der Waals surface area (Å²) in [6.07, 6.45) is 0.0986. The molecule has 1 aromatic rings. The molecule has 18 heavy (non-hydrogen) atoms. The summed E-state index contributed by atoms with van der Waals surface area (Å²) in [5, 5.41) is -1.11. The molecule has 0 saturated carbocycles. The van der Waals surface area contributed by atoms with Crippen molar-refractivity contribution in [2.75, 3.05) is 11.4 Å². The van der Waals surface area contributed by atoms with Crippen LogP contribution in [-0.2, 0) is 9.59 Å². The van der Waals surface area contributed by atoms with Gasteiger partial charge in [0.05, 0.1) is 5.92 Å². The smallest absolute Gasteiger partial charge is 0.252 e. The largest absolute Gasteiger partial charge is 0.312 e. The van der Waals surface area contributed by atoms with Crippen LogP contribution in [0.15, 0.2) is 24.3 Å². The molecule has 0 aromatic heterocycles. The average molecular weight is 286 g/mol. The first-order valence-electron chi connectivity index (χ1n) is 5.28. The maximum Gasteiger partial charge on any atom is 0.252 e. The fraction of sp³-hybridized carbons (Fsp3) is 0.250. The molecule has 1 aliphatic rings. The third-order valence-electron chi connectivity index (χ3n) is 2.83. The number of nitrogens with zero attached hydrogens (tertiary/aromatic N) is 1. The first-order valence-corrected chi connectivity index (χ1v) is 6.04. The van der Waals surface area contributed by atoms with Crippen LogP contribution < -0.4 is 4.90 Å². The zero-order chi connectivity index (χ0) is 13.3. The Hall–Kier alpha value is -1.39. The Labute approximate surface area is 113 Å². The van der Waals surface area contributed by atoms with Crippen molar-refractivity contribution in [2.45, 2.75) is 6.42 Å².